The van der Waals surface area contributed by atoms with Gasteiger partial charge < -0.3 is 10.6 Å². The largest absolute Gasteiger partial charge is 0.373 e. The molecule has 0 unspecified atom stereocenters. The Morgan fingerprint density at radius 3 is 2.62 bits per heavy atom. The Bertz CT molecular complexity index is 649. The number of anilines is 2. The number of pyridine rings is 1. The Hall–Kier alpha value is -2.17. The van der Waals surface area contributed by atoms with Crippen LogP contribution in [0.5, 0.6) is 0 Å². The van der Waals surface area contributed by atoms with Crippen molar-refractivity contribution in [1.82, 2.24) is 15.0 Å². The second-order valence-electron chi connectivity index (χ2n) is 5.58. The number of nitrogens with zero attached hydrogens (tertiary/aromatic N) is 3. The van der Waals surface area contributed by atoms with Crippen LogP contribution in [0.15, 0.2) is 18.5 Å². The van der Waals surface area contributed by atoms with Crippen LogP contribution in [0.25, 0.3) is 0 Å². The molecule has 1 saturated carbocycles. The molecular formula is C16H21N5. The lowest BCUT2D eigenvalue weighted by Crippen LogP contribution is -2.10. The molecule has 0 amide bonds. The Balaban J connectivity index is 1.84. The number of hydrogen-bond acceptors (Lipinski definition) is 5. The van der Waals surface area contributed by atoms with E-state index in [1.807, 2.05) is 32.4 Å². The molecular weight excluding hydrogens is 262 g/mol. The van der Waals surface area contributed by atoms with Gasteiger partial charge in [0.2, 0.25) is 0 Å². The average Bonchev–Trinajstić information content (AvgIpc) is 3.32. The summed E-state index contributed by atoms with van der Waals surface area (Å²) in [5.74, 6) is 3.34. The molecule has 0 aromatic carbocycles. The predicted octanol–water partition coefficient (Wildman–Crippen LogP) is 3.02. The average molecular weight is 283 g/mol. The van der Waals surface area contributed by atoms with Crippen LogP contribution >= 0.6 is 0 Å². The highest BCUT2D eigenvalue weighted by atomic mass is 15.1. The topological polar surface area (TPSA) is 62.7 Å². The van der Waals surface area contributed by atoms with E-state index in [1.165, 1.54) is 24.0 Å². The molecule has 2 aromatic heterocycles. The maximum Gasteiger partial charge on any atom is 0.136 e. The van der Waals surface area contributed by atoms with E-state index in [0.29, 0.717) is 5.92 Å². The summed E-state index contributed by atoms with van der Waals surface area (Å²) in [5, 5.41) is 6.62. The van der Waals surface area contributed by atoms with E-state index in [-0.39, 0.29) is 0 Å². The Morgan fingerprint density at radius 2 is 1.95 bits per heavy atom. The first-order valence-corrected chi connectivity index (χ1v) is 7.38. The third-order valence-electron chi connectivity index (χ3n) is 3.93. The zero-order valence-corrected chi connectivity index (χ0v) is 12.8. The highest BCUT2D eigenvalue weighted by Crippen LogP contribution is 2.39. The maximum atomic E-state index is 4.71. The second-order valence-corrected chi connectivity index (χ2v) is 5.58. The molecule has 0 spiro atoms. The van der Waals surface area contributed by atoms with E-state index in [2.05, 4.69) is 27.5 Å². The lowest BCUT2D eigenvalue weighted by Gasteiger charge is -2.14. The van der Waals surface area contributed by atoms with Crippen LogP contribution in [-0.4, -0.2) is 22.0 Å². The van der Waals surface area contributed by atoms with Crippen LogP contribution in [0.4, 0.5) is 11.6 Å². The van der Waals surface area contributed by atoms with E-state index < -0.39 is 0 Å². The van der Waals surface area contributed by atoms with Crippen LogP contribution in [-0.2, 0) is 6.54 Å². The highest BCUT2D eigenvalue weighted by molar-refractivity contribution is 5.57. The molecule has 21 heavy (non-hydrogen) atoms. The summed E-state index contributed by atoms with van der Waals surface area (Å²) >= 11 is 0. The fourth-order valence-corrected chi connectivity index (χ4v) is 2.35. The van der Waals surface area contributed by atoms with Crippen molar-refractivity contribution in [1.29, 1.82) is 0 Å². The van der Waals surface area contributed by atoms with Crippen LogP contribution in [0.3, 0.4) is 0 Å². The van der Waals surface area contributed by atoms with Gasteiger partial charge in [-0.05, 0) is 43.9 Å². The van der Waals surface area contributed by atoms with E-state index in [1.54, 1.807) is 0 Å². The molecule has 110 valence electrons. The maximum absolute atomic E-state index is 4.71. The zero-order chi connectivity index (χ0) is 14.8. The molecule has 2 heterocycles. The van der Waals surface area contributed by atoms with Gasteiger partial charge in [-0.25, -0.2) is 9.97 Å². The first-order chi connectivity index (χ1) is 10.2. The predicted molar refractivity (Wildman–Crippen MR) is 84.6 cm³/mol. The summed E-state index contributed by atoms with van der Waals surface area (Å²) in [6, 6.07) is 2.04. The fourth-order valence-electron chi connectivity index (χ4n) is 2.35. The van der Waals surface area contributed by atoms with Crippen molar-refractivity contribution in [2.24, 2.45) is 0 Å². The number of aryl methyl sites for hydroxylation is 1. The first kappa shape index (κ1) is 13.8. The summed E-state index contributed by atoms with van der Waals surface area (Å²) < 4.78 is 0. The standard InChI is InChI=1S/C16H21N5/c1-10-8-18-7-6-13(10)9-19-15-11(2)14(17-3)20-16(21-15)12-4-5-12/h6-8,12H,4-5,9H2,1-3H3,(H2,17,19,20,21). The molecule has 0 radical (unpaired) electrons. The molecule has 0 aliphatic heterocycles. The van der Waals surface area contributed by atoms with Gasteiger partial charge in [0.25, 0.3) is 0 Å². The zero-order valence-electron chi connectivity index (χ0n) is 12.8. The van der Waals surface area contributed by atoms with E-state index in [0.717, 1.165) is 29.6 Å². The van der Waals surface area contributed by atoms with Gasteiger partial charge in [-0.3, -0.25) is 4.98 Å². The smallest absolute Gasteiger partial charge is 0.136 e. The van der Waals surface area contributed by atoms with Gasteiger partial charge in [0.15, 0.2) is 0 Å². The molecule has 0 bridgehead atoms. The van der Waals surface area contributed by atoms with Crippen LogP contribution in [0.1, 0.15) is 41.3 Å². The third kappa shape index (κ3) is 2.96. The van der Waals surface area contributed by atoms with Crippen molar-refractivity contribution in [2.45, 2.75) is 39.2 Å². The van der Waals surface area contributed by atoms with E-state index >= 15 is 0 Å². The quantitative estimate of drug-likeness (QED) is 0.883. The van der Waals surface area contributed by atoms with Crippen molar-refractivity contribution in [3.05, 3.63) is 41.0 Å². The van der Waals surface area contributed by atoms with E-state index in [4.69, 9.17) is 4.98 Å². The minimum atomic E-state index is 0.543. The molecule has 0 atom stereocenters. The van der Waals surface area contributed by atoms with Crippen LogP contribution in [0.2, 0.25) is 0 Å². The Kier molecular flexibility index (Phi) is 3.73. The van der Waals surface area contributed by atoms with Gasteiger partial charge in [-0.1, -0.05) is 0 Å². The molecule has 5 heteroatoms. The third-order valence-corrected chi connectivity index (χ3v) is 3.93. The minimum absolute atomic E-state index is 0.543. The van der Waals surface area contributed by atoms with Crippen molar-refractivity contribution in [2.75, 3.05) is 17.7 Å². The Morgan fingerprint density at radius 1 is 1.19 bits per heavy atom. The molecule has 0 saturated heterocycles. The SMILES string of the molecule is CNc1nc(C2CC2)nc(NCc2ccncc2C)c1C. The highest BCUT2D eigenvalue weighted by Gasteiger charge is 2.28. The minimum Gasteiger partial charge on any atom is -0.373 e. The molecule has 5 nitrogen and oxygen atoms in total. The Labute approximate surface area is 125 Å². The monoisotopic (exact) mass is 283 g/mol. The normalized spacial score (nSPS) is 14.0. The van der Waals surface area contributed by atoms with Gasteiger partial charge in [-0.2, -0.15) is 0 Å². The number of hydrogen-bond donors (Lipinski definition) is 2. The molecule has 2 aromatic rings. The van der Waals surface area contributed by atoms with Crippen LogP contribution in [0, 0.1) is 13.8 Å². The molecule has 3 rings (SSSR count). The molecule has 1 aliphatic carbocycles. The van der Waals surface area contributed by atoms with Crippen LogP contribution < -0.4 is 10.6 Å². The molecule has 2 N–H and O–H groups in total. The van der Waals surface area contributed by atoms with Crippen molar-refractivity contribution < 1.29 is 0 Å². The van der Waals surface area contributed by atoms with Gasteiger partial charge in [0.05, 0.1) is 0 Å². The van der Waals surface area contributed by atoms with E-state index in [9.17, 15) is 0 Å². The van der Waals surface area contributed by atoms with Gasteiger partial charge >= 0.3 is 0 Å². The molecule has 1 fully saturated rings. The van der Waals surface area contributed by atoms with Gasteiger partial charge in [0, 0.05) is 37.5 Å². The summed E-state index contributed by atoms with van der Waals surface area (Å²) in [4.78, 5) is 13.5. The van der Waals surface area contributed by atoms with Crippen molar-refractivity contribution in [3.8, 4) is 0 Å². The number of rotatable bonds is 5. The lowest BCUT2D eigenvalue weighted by atomic mass is 10.1. The fraction of sp³-hybridized carbons (Fsp3) is 0.438. The summed E-state index contributed by atoms with van der Waals surface area (Å²) in [5.41, 5.74) is 3.49. The summed E-state index contributed by atoms with van der Waals surface area (Å²) in [6.45, 7) is 4.87. The number of nitrogens with one attached hydrogen (secondary N) is 2. The van der Waals surface area contributed by atoms with Gasteiger partial charge in [-0.15, -0.1) is 0 Å². The molecule has 1 aliphatic rings. The van der Waals surface area contributed by atoms with Crippen molar-refractivity contribution >= 4 is 11.6 Å². The van der Waals surface area contributed by atoms with Crippen molar-refractivity contribution in [3.63, 3.8) is 0 Å². The first-order valence-electron chi connectivity index (χ1n) is 7.38. The van der Waals surface area contributed by atoms with Gasteiger partial charge in [0.1, 0.15) is 17.5 Å². The number of aromatic nitrogens is 3. The summed E-state index contributed by atoms with van der Waals surface area (Å²) in [6.07, 6.45) is 6.12. The summed E-state index contributed by atoms with van der Waals surface area (Å²) in [7, 11) is 1.91. The second kappa shape index (κ2) is 5.68. The lowest BCUT2D eigenvalue weighted by molar-refractivity contribution is 0.912.